The maximum Gasteiger partial charge on any atom is 0.239 e. The Labute approximate surface area is 112 Å². The normalized spacial score (nSPS) is 10.1. The minimum absolute atomic E-state index is 0.0000427. The number of hydrogen-bond donors (Lipinski definition) is 2. The maximum absolute atomic E-state index is 11.5. The van der Waals surface area contributed by atoms with Crippen molar-refractivity contribution in [1.82, 2.24) is 5.32 Å². The first-order valence-corrected chi connectivity index (χ1v) is 7.12. The molecule has 100 valence electrons. The molecular formula is C13H20N2O2S. The summed E-state index contributed by atoms with van der Waals surface area (Å²) in [5.41, 5.74) is 0.958. The molecule has 18 heavy (non-hydrogen) atoms. The largest absolute Gasteiger partial charge is 0.385 e. The number of benzene rings is 1. The van der Waals surface area contributed by atoms with Crippen molar-refractivity contribution in [2.45, 2.75) is 11.3 Å². The Kier molecular flexibility index (Phi) is 7.29. The van der Waals surface area contributed by atoms with E-state index >= 15 is 0 Å². The summed E-state index contributed by atoms with van der Waals surface area (Å²) in [7, 11) is 1.65. The molecule has 0 atom stereocenters. The minimum atomic E-state index is 0.0000427. The van der Waals surface area contributed by atoms with Crippen LogP contribution in [0.5, 0.6) is 0 Å². The molecule has 0 saturated carbocycles. The van der Waals surface area contributed by atoms with Gasteiger partial charge in [-0.1, -0.05) is 0 Å². The molecule has 0 heterocycles. The predicted molar refractivity (Wildman–Crippen MR) is 76.2 cm³/mol. The van der Waals surface area contributed by atoms with Crippen LogP contribution in [0.3, 0.4) is 0 Å². The second kappa shape index (κ2) is 8.83. The highest BCUT2D eigenvalue weighted by Crippen LogP contribution is 2.17. The fourth-order valence-electron chi connectivity index (χ4n) is 1.40. The lowest BCUT2D eigenvalue weighted by molar-refractivity contribution is -0.119. The van der Waals surface area contributed by atoms with Crippen molar-refractivity contribution in [3.63, 3.8) is 0 Å². The first-order chi connectivity index (χ1) is 8.76. The summed E-state index contributed by atoms with van der Waals surface area (Å²) >= 11 is 1.70. The Balaban J connectivity index is 2.20. The van der Waals surface area contributed by atoms with Gasteiger partial charge in [0, 0.05) is 30.8 Å². The van der Waals surface area contributed by atoms with Gasteiger partial charge in [0.05, 0.1) is 6.54 Å². The van der Waals surface area contributed by atoms with Crippen LogP contribution < -0.4 is 10.6 Å². The summed E-state index contributed by atoms with van der Waals surface area (Å²) in [4.78, 5) is 12.7. The van der Waals surface area contributed by atoms with Gasteiger partial charge in [0.15, 0.2) is 0 Å². The molecule has 0 bridgehead atoms. The third-order valence-corrected chi connectivity index (χ3v) is 3.13. The van der Waals surface area contributed by atoms with E-state index < -0.39 is 0 Å². The van der Waals surface area contributed by atoms with Crippen LogP contribution >= 0.6 is 11.8 Å². The van der Waals surface area contributed by atoms with E-state index in [4.69, 9.17) is 4.74 Å². The van der Waals surface area contributed by atoms with E-state index in [1.165, 1.54) is 4.90 Å². The molecule has 0 aliphatic rings. The minimum Gasteiger partial charge on any atom is -0.385 e. The van der Waals surface area contributed by atoms with E-state index in [1.54, 1.807) is 18.9 Å². The lowest BCUT2D eigenvalue weighted by Gasteiger charge is -2.08. The van der Waals surface area contributed by atoms with Crippen LogP contribution in [0.2, 0.25) is 0 Å². The zero-order valence-corrected chi connectivity index (χ0v) is 11.7. The summed E-state index contributed by atoms with van der Waals surface area (Å²) in [6.07, 6.45) is 2.88. The number of hydrogen-bond acceptors (Lipinski definition) is 4. The number of anilines is 1. The van der Waals surface area contributed by atoms with Crippen molar-refractivity contribution < 1.29 is 9.53 Å². The van der Waals surface area contributed by atoms with Crippen molar-refractivity contribution in [2.75, 3.05) is 38.4 Å². The van der Waals surface area contributed by atoms with Crippen molar-refractivity contribution >= 4 is 23.4 Å². The molecule has 1 amide bonds. The number of methoxy groups -OCH3 is 1. The van der Waals surface area contributed by atoms with Gasteiger partial charge in [0.25, 0.3) is 0 Å². The SMILES string of the molecule is COCCCNC(=O)CNc1ccc(SC)cc1. The van der Waals surface area contributed by atoms with Gasteiger partial charge < -0.3 is 15.4 Å². The molecule has 0 radical (unpaired) electrons. The Morgan fingerprint density at radius 3 is 2.67 bits per heavy atom. The van der Waals surface area contributed by atoms with E-state index in [1.807, 2.05) is 30.5 Å². The molecular weight excluding hydrogens is 248 g/mol. The van der Waals surface area contributed by atoms with Crippen LogP contribution in [-0.2, 0) is 9.53 Å². The van der Waals surface area contributed by atoms with Gasteiger partial charge in [-0.15, -0.1) is 11.8 Å². The molecule has 2 N–H and O–H groups in total. The topological polar surface area (TPSA) is 50.4 Å². The second-order valence-electron chi connectivity index (χ2n) is 3.78. The first-order valence-electron chi connectivity index (χ1n) is 5.90. The van der Waals surface area contributed by atoms with E-state index in [9.17, 15) is 4.79 Å². The number of rotatable bonds is 8. The highest BCUT2D eigenvalue weighted by atomic mass is 32.2. The Morgan fingerprint density at radius 2 is 2.06 bits per heavy atom. The molecule has 5 heteroatoms. The van der Waals surface area contributed by atoms with Gasteiger partial charge in [0.2, 0.25) is 5.91 Å². The van der Waals surface area contributed by atoms with E-state index in [2.05, 4.69) is 10.6 Å². The number of nitrogens with one attached hydrogen (secondary N) is 2. The smallest absolute Gasteiger partial charge is 0.239 e. The van der Waals surface area contributed by atoms with Crippen LogP contribution in [0, 0.1) is 0 Å². The van der Waals surface area contributed by atoms with Gasteiger partial charge in [-0.2, -0.15) is 0 Å². The highest BCUT2D eigenvalue weighted by molar-refractivity contribution is 7.98. The Morgan fingerprint density at radius 1 is 1.33 bits per heavy atom. The van der Waals surface area contributed by atoms with Gasteiger partial charge in [-0.25, -0.2) is 0 Å². The quantitative estimate of drug-likeness (QED) is 0.559. The number of thioether (sulfide) groups is 1. The number of carbonyl (C=O) groups is 1. The molecule has 0 unspecified atom stereocenters. The third-order valence-electron chi connectivity index (χ3n) is 2.39. The Hall–Kier alpha value is -1.20. The molecule has 0 spiro atoms. The molecule has 0 aliphatic carbocycles. The summed E-state index contributed by atoms with van der Waals surface area (Å²) < 4.78 is 4.91. The highest BCUT2D eigenvalue weighted by Gasteiger charge is 2.00. The second-order valence-corrected chi connectivity index (χ2v) is 4.66. The van der Waals surface area contributed by atoms with E-state index in [-0.39, 0.29) is 5.91 Å². The lowest BCUT2D eigenvalue weighted by atomic mass is 10.3. The molecule has 1 rings (SSSR count). The van der Waals surface area contributed by atoms with Crippen LogP contribution in [0.1, 0.15) is 6.42 Å². The average Bonchev–Trinajstić information content (AvgIpc) is 2.42. The molecule has 1 aromatic rings. The maximum atomic E-state index is 11.5. The van der Waals surface area contributed by atoms with E-state index in [0.717, 1.165) is 12.1 Å². The molecule has 1 aromatic carbocycles. The summed E-state index contributed by atoms with van der Waals surface area (Å²) in [6, 6.07) is 8.01. The number of ether oxygens (including phenoxy) is 1. The third kappa shape index (κ3) is 5.93. The zero-order valence-electron chi connectivity index (χ0n) is 10.9. The molecule has 0 aromatic heterocycles. The van der Waals surface area contributed by atoms with Gasteiger partial charge in [-0.05, 0) is 36.9 Å². The summed E-state index contributed by atoms with van der Waals surface area (Å²) in [6.45, 7) is 1.62. The molecule has 0 saturated heterocycles. The summed E-state index contributed by atoms with van der Waals surface area (Å²) in [5, 5.41) is 5.91. The molecule has 0 fully saturated rings. The van der Waals surface area contributed by atoms with Crippen molar-refractivity contribution in [1.29, 1.82) is 0 Å². The number of amides is 1. The zero-order chi connectivity index (χ0) is 13.2. The predicted octanol–water partition coefficient (Wildman–Crippen LogP) is 1.97. The first kappa shape index (κ1) is 14.9. The van der Waals surface area contributed by atoms with Crippen LogP contribution in [0.15, 0.2) is 29.2 Å². The fraction of sp³-hybridized carbons (Fsp3) is 0.462. The van der Waals surface area contributed by atoms with Crippen LogP contribution in [-0.4, -0.2) is 39.0 Å². The molecule has 0 aliphatic heterocycles. The van der Waals surface area contributed by atoms with Crippen molar-refractivity contribution in [3.8, 4) is 0 Å². The fourth-order valence-corrected chi connectivity index (χ4v) is 1.81. The van der Waals surface area contributed by atoms with E-state index in [0.29, 0.717) is 19.7 Å². The van der Waals surface area contributed by atoms with Crippen molar-refractivity contribution in [2.24, 2.45) is 0 Å². The average molecular weight is 268 g/mol. The number of carbonyl (C=O) groups excluding carboxylic acids is 1. The monoisotopic (exact) mass is 268 g/mol. The van der Waals surface area contributed by atoms with Crippen molar-refractivity contribution in [3.05, 3.63) is 24.3 Å². The molecule has 4 nitrogen and oxygen atoms in total. The van der Waals surface area contributed by atoms with Crippen LogP contribution in [0.25, 0.3) is 0 Å². The Bertz CT molecular complexity index is 355. The van der Waals surface area contributed by atoms with Gasteiger partial charge in [0.1, 0.15) is 0 Å². The van der Waals surface area contributed by atoms with Gasteiger partial charge in [-0.3, -0.25) is 4.79 Å². The standard InChI is InChI=1S/C13H20N2O2S/c1-17-9-3-8-14-13(16)10-15-11-4-6-12(18-2)7-5-11/h4-7,15H,3,8-10H2,1-2H3,(H,14,16). The van der Waals surface area contributed by atoms with Crippen LogP contribution in [0.4, 0.5) is 5.69 Å². The summed E-state index contributed by atoms with van der Waals surface area (Å²) in [5.74, 6) is 0.0000427. The van der Waals surface area contributed by atoms with Gasteiger partial charge >= 0.3 is 0 Å². The lowest BCUT2D eigenvalue weighted by Crippen LogP contribution is -2.31.